The van der Waals surface area contributed by atoms with Crippen molar-refractivity contribution in [2.45, 2.75) is 20.4 Å². The zero-order valence-electron chi connectivity index (χ0n) is 11.3. The Bertz CT molecular complexity index is 574. The summed E-state index contributed by atoms with van der Waals surface area (Å²) in [7, 11) is 0. The number of benzene rings is 1. The molecule has 1 N–H and O–H groups in total. The summed E-state index contributed by atoms with van der Waals surface area (Å²) in [6.45, 7) is 6.75. The average molecular weight is 254 g/mol. The van der Waals surface area contributed by atoms with Crippen molar-refractivity contribution in [3.63, 3.8) is 0 Å². The number of rotatable bonds is 1. The molecule has 0 saturated carbocycles. The third kappa shape index (κ3) is 2.44. The van der Waals surface area contributed by atoms with Gasteiger partial charge in [0.2, 0.25) is 5.95 Å². The van der Waals surface area contributed by atoms with Crippen molar-refractivity contribution >= 4 is 11.6 Å². The van der Waals surface area contributed by atoms with E-state index in [-0.39, 0.29) is 0 Å². The molecule has 0 aliphatic carbocycles. The molecular formula is C15H18N4. The largest absolute Gasteiger partial charge is 0.311 e. The minimum absolute atomic E-state index is 0.800. The number of para-hydroxylation sites is 1. The van der Waals surface area contributed by atoms with Crippen LogP contribution in [0, 0.1) is 13.8 Å². The lowest BCUT2D eigenvalue weighted by molar-refractivity contribution is 0.708. The Kier molecular flexibility index (Phi) is 3.17. The van der Waals surface area contributed by atoms with Crippen LogP contribution in [0.15, 0.2) is 30.3 Å². The van der Waals surface area contributed by atoms with Crippen LogP contribution >= 0.6 is 0 Å². The first-order chi connectivity index (χ1) is 9.24. The van der Waals surface area contributed by atoms with E-state index >= 15 is 0 Å². The lowest BCUT2D eigenvalue weighted by Gasteiger charge is -2.22. The molecule has 0 radical (unpaired) electrons. The Labute approximate surface area is 113 Å². The first-order valence-electron chi connectivity index (χ1n) is 6.62. The maximum atomic E-state index is 4.59. The lowest BCUT2D eigenvalue weighted by Crippen LogP contribution is -2.26. The van der Waals surface area contributed by atoms with E-state index in [9.17, 15) is 0 Å². The number of nitrogens with zero attached hydrogens (tertiary/aromatic N) is 3. The topological polar surface area (TPSA) is 41.1 Å². The molecular weight excluding hydrogens is 236 g/mol. The Balaban J connectivity index is 2.09. The molecule has 98 valence electrons. The molecule has 19 heavy (non-hydrogen) atoms. The van der Waals surface area contributed by atoms with Crippen LogP contribution in [0.2, 0.25) is 0 Å². The van der Waals surface area contributed by atoms with E-state index in [2.05, 4.69) is 44.5 Å². The zero-order valence-corrected chi connectivity index (χ0v) is 11.3. The molecule has 1 aliphatic heterocycles. The second-order valence-corrected chi connectivity index (χ2v) is 4.91. The van der Waals surface area contributed by atoms with Crippen LogP contribution in [-0.4, -0.2) is 23.1 Å². The number of fused-ring (bicyclic) bond motifs is 1. The minimum atomic E-state index is 0.800. The molecule has 0 unspecified atom stereocenters. The molecule has 0 atom stereocenters. The first-order valence-corrected chi connectivity index (χ1v) is 6.62. The number of aryl methyl sites for hydroxylation is 2. The van der Waals surface area contributed by atoms with Crippen LogP contribution in [0.4, 0.5) is 11.6 Å². The Morgan fingerprint density at radius 3 is 2.63 bits per heavy atom. The van der Waals surface area contributed by atoms with Gasteiger partial charge in [-0.3, -0.25) is 0 Å². The minimum Gasteiger partial charge on any atom is -0.311 e. The number of hydrogen-bond acceptors (Lipinski definition) is 4. The summed E-state index contributed by atoms with van der Waals surface area (Å²) in [5, 5.41) is 3.44. The first kappa shape index (κ1) is 12.1. The van der Waals surface area contributed by atoms with E-state index < -0.39 is 0 Å². The predicted octanol–water partition coefficient (Wildman–Crippen LogP) is 2.33. The van der Waals surface area contributed by atoms with Crippen LogP contribution in [0.5, 0.6) is 0 Å². The Morgan fingerprint density at radius 2 is 1.84 bits per heavy atom. The Morgan fingerprint density at radius 1 is 1.11 bits per heavy atom. The molecule has 2 heterocycles. The van der Waals surface area contributed by atoms with Crippen molar-refractivity contribution in [2.24, 2.45) is 0 Å². The molecule has 1 aliphatic rings. The van der Waals surface area contributed by atoms with Crippen LogP contribution < -0.4 is 10.2 Å². The van der Waals surface area contributed by atoms with Gasteiger partial charge in [0.1, 0.15) is 0 Å². The van der Waals surface area contributed by atoms with Crippen molar-refractivity contribution in [1.29, 1.82) is 0 Å². The maximum absolute atomic E-state index is 4.59. The van der Waals surface area contributed by atoms with Crippen LogP contribution in [-0.2, 0) is 6.54 Å². The zero-order chi connectivity index (χ0) is 13.2. The second kappa shape index (κ2) is 4.97. The van der Waals surface area contributed by atoms with Gasteiger partial charge in [0.15, 0.2) is 0 Å². The SMILES string of the molecule is Cc1cc(C)nc(N2CCNCc3ccccc32)n1. The molecule has 4 heteroatoms. The van der Waals surface area contributed by atoms with Gasteiger partial charge in [0.05, 0.1) is 0 Å². The van der Waals surface area contributed by atoms with Crippen molar-refractivity contribution in [3.8, 4) is 0 Å². The van der Waals surface area contributed by atoms with Gasteiger partial charge in [0.25, 0.3) is 0 Å². The molecule has 0 saturated heterocycles. The van der Waals surface area contributed by atoms with Gasteiger partial charge in [-0.25, -0.2) is 9.97 Å². The summed E-state index contributed by atoms with van der Waals surface area (Å²) in [4.78, 5) is 11.4. The van der Waals surface area contributed by atoms with Gasteiger partial charge >= 0.3 is 0 Å². The maximum Gasteiger partial charge on any atom is 0.230 e. The van der Waals surface area contributed by atoms with E-state index in [1.807, 2.05) is 19.9 Å². The fraction of sp³-hybridized carbons (Fsp3) is 0.333. The van der Waals surface area contributed by atoms with Gasteiger partial charge in [-0.2, -0.15) is 0 Å². The van der Waals surface area contributed by atoms with Crippen LogP contribution in [0.1, 0.15) is 17.0 Å². The standard InChI is InChI=1S/C15H18N4/c1-11-9-12(2)18-15(17-11)19-8-7-16-10-13-5-3-4-6-14(13)19/h3-6,9,16H,7-8,10H2,1-2H3. The molecule has 1 aromatic carbocycles. The molecule has 1 aromatic heterocycles. The molecule has 0 bridgehead atoms. The quantitative estimate of drug-likeness (QED) is 0.848. The van der Waals surface area contributed by atoms with Crippen molar-refractivity contribution in [3.05, 3.63) is 47.3 Å². The highest BCUT2D eigenvalue weighted by molar-refractivity contribution is 5.62. The highest BCUT2D eigenvalue weighted by Crippen LogP contribution is 2.27. The third-order valence-electron chi connectivity index (χ3n) is 3.32. The fourth-order valence-electron chi connectivity index (χ4n) is 2.49. The van der Waals surface area contributed by atoms with Gasteiger partial charge in [0, 0.05) is 36.7 Å². The fourth-order valence-corrected chi connectivity index (χ4v) is 2.49. The van der Waals surface area contributed by atoms with Gasteiger partial charge in [-0.15, -0.1) is 0 Å². The number of nitrogens with one attached hydrogen (secondary N) is 1. The molecule has 4 nitrogen and oxygen atoms in total. The van der Waals surface area contributed by atoms with E-state index in [0.29, 0.717) is 0 Å². The molecule has 0 spiro atoms. The summed E-state index contributed by atoms with van der Waals surface area (Å²) < 4.78 is 0. The number of hydrogen-bond donors (Lipinski definition) is 1. The van der Waals surface area contributed by atoms with E-state index in [1.54, 1.807) is 0 Å². The summed E-state index contributed by atoms with van der Waals surface area (Å²) in [5.74, 6) is 0.800. The van der Waals surface area contributed by atoms with Crippen LogP contribution in [0.25, 0.3) is 0 Å². The van der Waals surface area contributed by atoms with Crippen LogP contribution in [0.3, 0.4) is 0 Å². The highest BCUT2D eigenvalue weighted by atomic mass is 15.3. The summed E-state index contributed by atoms with van der Waals surface area (Å²) in [5.41, 5.74) is 4.52. The van der Waals surface area contributed by atoms with Crippen molar-refractivity contribution in [2.75, 3.05) is 18.0 Å². The monoisotopic (exact) mass is 254 g/mol. The molecule has 2 aromatic rings. The molecule has 0 amide bonds. The average Bonchev–Trinajstić information content (AvgIpc) is 2.59. The van der Waals surface area contributed by atoms with E-state index in [4.69, 9.17) is 0 Å². The molecule has 3 rings (SSSR count). The normalized spacial score (nSPS) is 14.9. The molecule has 0 fully saturated rings. The van der Waals surface area contributed by atoms with Gasteiger partial charge in [-0.05, 0) is 31.5 Å². The van der Waals surface area contributed by atoms with Gasteiger partial charge in [-0.1, -0.05) is 18.2 Å². The third-order valence-corrected chi connectivity index (χ3v) is 3.32. The summed E-state index contributed by atoms with van der Waals surface area (Å²) in [6, 6.07) is 10.4. The van der Waals surface area contributed by atoms with E-state index in [1.165, 1.54) is 11.3 Å². The predicted molar refractivity (Wildman–Crippen MR) is 76.7 cm³/mol. The van der Waals surface area contributed by atoms with E-state index in [0.717, 1.165) is 37.0 Å². The Hall–Kier alpha value is -1.94. The summed E-state index contributed by atoms with van der Waals surface area (Å²) in [6.07, 6.45) is 0. The second-order valence-electron chi connectivity index (χ2n) is 4.91. The smallest absolute Gasteiger partial charge is 0.230 e. The number of aromatic nitrogens is 2. The van der Waals surface area contributed by atoms with Crippen molar-refractivity contribution in [1.82, 2.24) is 15.3 Å². The highest BCUT2D eigenvalue weighted by Gasteiger charge is 2.18. The number of anilines is 2. The summed E-state index contributed by atoms with van der Waals surface area (Å²) >= 11 is 0. The lowest BCUT2D eigenvalue weighted by atomic mass is 10.1. The van der Waals surface area contributed by atoms with Crippen molar-refractivity contribution < 1.29 is 0 Å². The van der Waals surface area contributed by atoms with Gasteiger partial charge < -0.3 is 10.2 Å².